The van der Waals surface area contributed by atoms with Crippen molar-refractivity contribution in [2.45, 2.75) is 31.6 Å². The minimum atomic E-state index is -4.49. The summed E-state index contributed by atoms with van der Waals surface area (Å²) in [6, 6.07) is 11.7. The first-order chi connectivity index (χ1) is 15.0. The highest BCUT2D eigenvalue weighted by Gasteiger charge is 2.32. The monoisotopic (exact) mass is 563 g/mol. The van der Waals surface area contributed by atoms with E-state index in [4.69, 9.17) is 0 Å². The molecule has 0 spiro atoms. The molecule has 0 amide bonds. The standard InChI is InChI=1S/C21H28F3N7.HI/c1-25-19(27-11-12-28-20-26-10-9-18(30-20)21(22,23)24)29-14-17-8-5-13-31(17)15-16-6-3-2-4-7-16;/h2-4,6-7,9-10,17H,5,8,11-15H2,1H3,(H2,25,27,29)(H,26,28,30);1H. The number of likely N-dealkylation sites (tertiary alicyclic amines) is 1. The van der Waals surface area contributed by atoms with Crippen LogP contribution in [0.5, 0.6) is 0 Å². The van der Waals surface area contributed by atoms with E-state index < -0.39 is 11.9 Å². The zero-order chi connectivity index (χ0) is 22.1. The number of rotatable bonds is 8. The lowest BCUT2D eigenvalue weighted by molar-refractivity contribution is -0.141. The SMILES string of the molecule is CN=C(NCCNc1nccc(C(F)(F)F)n1)NCC1CCCN1Cc1ccccc1.I. The van der Waals surface area contributed by atoms with Crippen molar-refractivity contribution in [2.75, 3.05) is 38.5 Å². The van der Waals surface area contributed by atoms with Gasteiger partial charge in [-0.15, -0.1) is 24.0 Å². The van der Waals surface area contributed by atoms with Gasteiger partial charge in [0.25, 0.3) is 0 Å². The van der Waals surface area contributed by atoms with Gasteiger partial charge in [0.1, 0.15) is 5.69 Å². The van der Waals surface area contributed by atoms with Gasteiger partial charge in [0.05, 0.1) is 0 Å². The third-order valence-electron chi connectivity index (χ3n) is 5.10. The molecule has 7 nitrogen and oxygen atoms in total. The van der Waals surface area contributed by atoms with Crippen molar-refractivity contribution in [1.29, 1.82) is 0 Å². The van der Waals surface area contributed by atoms with Crippen molar-refractivity contribution >= 4 is 35.9 Å². The van der Waals surface area contributed by atoms with Crippen LogP contribution < -0.4 is 16.0 Å². The van der Waals surface area contributed by atoms with E-state index in [-0.39, 0.29) is 29.9 Å². The van der Waals surface area contributed by atoms with Gasteiger partial charge in [-0.25, -0.2) is 9.97 Å². The second kappa shape index (κ2) is 12.8. The van der Waals surface area contributed by atoms with E-state index in [1.807, 2.05) is 6.07 Å². The third kappa shape index (κ3) is 8.08. The quantitative estimate of drug-likeness (QED) is 0.198. The van der Waals surface area contributed by atoms with Gasteiger partial charge in [-0.1, -0.05) is 30.3 Å². The number of aliphatic imine (C=N–C) groups is 1. The molecule has 2 heterocycles. The fraction of sp³-hybridized carbons (Fsp3) is 0.476. The number of halogens is 4. The summed E-state index contributed by atoms with van der Waals surface area (Å²) in [5, 5.41) is 9.29. The number of benzene rings is 1. The molecule has 3 N–H and O–H groups in total. The maximum absolute atomic E-state index is 12.7. The molecule has 1 fully saturated rings. The first-order valence-corrected chi connectivity index (χ1v) is 10.3. The van der Waals surface area contributed by atoms with Gasteiger partial charge < -0.3 is 16.0 Å². The summed E-state index contributed by atoms with van der Waals surface area (Å²) < 4.78 is 38.1. The minimum Gasteiger partial charge on any atom is -0.355 e. The lowest BCUT2D eigenvalue weighted by Crippen LogP contribution is -2.45. The van der Waals surface area contributed by atoms with Crippen LogP contribution in [0.3, 0.4) is 0 Å². The van der Waals surface area contributed by atoms with Gasteiger partial charge in [0.15, 0.2) is 5.96 Å². The van der Waals surface area contributed by atoms with E-state index in [0.29, 0.717) is 25.1 Å². The molecule has 1 aromatic carbocycles. The maximum atomic E-state index is 12.7. The van der Waals surface area contributed by atoms with Gasteiger partial charge in [0, 0.05) is 45.5 Å². The number of hydrogen-bond donors (Lipinski definition) is 3. The highest BCUT2D eigenvalue weighted by molar-refractivity contribution is 14.0. The topological polar surface area (TPSA) is 77.5 Å². The lowest BCUT2D eigenvalue weighted by Gasteiger charge is -2.25. The molecular formula is C21H29F3IN7. The van der Waals surface area contributed by atoms with Crippen LogP contribution in [0, 0.1) is 0 Å². The van der Waals surface area contributed by atoms with Crippen LogP contribution in [0.2, 0.25) is 0 Å². The molecule has 32 heavy (non-hydrogen) atoms. The molecule has 0 aliphatic carbocycles. The van der Waals surface area contributed by atoms with Crippen molar-refractivity contribution in [2.24, 2.45) is 4.99 Å². The Balaban J connectivity index is 0.00000363. The Morgan fingerprint density at radius 1 is 1.16 bits per heavy atom. The summed E-state index contributed by atoms with van der Waals surface area (Å²) in [5.74, 6) is 0.598. The Morgan fingerprint density at radius 3 is 2.66 bits per heavy atom. The number of nitrogens with zero attached hydrogens (tertiary/aromatic N) is 4. The minimum absolute atomic E-state index is 0. The molecule has 1 aliphatic heterocycles. The molecule has 1 unspecified atom stereocenters. The molecule has 176 valence electrons. The van der Waals surface area contributed by atoms with E-state index in [0.717, 1.165) is 38.3 Å². The molecule has 3 rings (SSSR count). The number of aromatic nitrogens is 2. The summed E-state index contributed by atoms with van der Waals surface area (Å²) in [4.78, 5) is 14.0. The van der Waals surface area contributed by atoms with Crippen LogP contribution in [0.4, 0.5) is 19.1 Å². The normalized spacial score (nSPS) is 17.0. The molecule has 2 aromatic rings. The molecular weight excluding hydrogens is 534 g/mol. The van der Waals surface area contributed by atoms with E-state index >= 15 is 0 Å². The number of anilines is 1. The maximum Gasteiger partial charge on any atom is 0.433 e. The fourth-order valence-corrected chi connectivity index (χ4v) is 3.54. The van der Waals surface area contributed by atoms with Crippen molar-refractivity contribution in [3.63, 3.8) is 0 Å². The fourth-order valence-electron chi connectivity index (χ4n) is 3.54. The average Bonchev–Trinajstić information content (AvgIpc) is 3.20. The largest absolute Gasteiger partial charge is 0.433 e. The van der Waals surface area contributed by atoms with Gasteiger partial charge >= 0.3 is 6.18 Å². The van der Waals surface area contributed by atoms with E-state index in [2.05, 4.69) is 60.1 Å². The molecule has 11 heteroatoms. The Labute approximate surface area is 203 Å². The Bertz CT molecular complexity index is 849. The Hall–Kier alpha value is -2.15. The summed E-state index contributed by atoms with van der Waals surface area (Å²) in [7, 11) is 1.69. The smallest absolute Gasteiger partial charge is 0.355 e. The van der Waals surface area contributed by atoms with E-state index in [9.17, 15) is 13.2 Å². The number of hydrogen-bond acceptors (Lipinski definition) is 5. The average molecular weight is 563 g/mol. The molecule has 0 bridgehead atoms. The molecule has 1 atom stereocenters. The van der Waals surface area contributed by atoms with E-state index in [1.54, 1.807) is 7.05 Å². The van der Waals surface area contributed by atoms with Gasteiger partial charge in [0.2, 0.25) is 5.95 Å². The number of alkyl halides is 3. The van der Waals surface area contributed by atoms with Crippen molar-refractivity contribution in [3.05, 3.63) is 53.9 Å². The highest BCUT2D eigenvalue weighted by Crippen LogP contribution is 2.27. The summed E-state index contributed by atoms with van der Waals surface area (Å²) >= 11 is 0. The molecule has 0 saturated carbocycles. The van der Waals surface area contributed by atoms with Crippen LogP contribution >= 0.6 is 24.0 Å². The lowest BCUT2D eigenvalue weighted by atomic mass is 10.2. The second-order valence-corrected chi connectivity index (χ2v) is 7.32. The third-order valence-corrected chi connectivity index (χ3v) is 5.10. The van der Waals surface area contributed by atoms with E-state index in [1.165, 1.54) is 12.0 Å². The highest BCUT2D eigenvalue weighted by atomic mass is 127. The Kier molecular flexibility index (Phi) is 10.4. The number of guanidine groups is 1. The summed E-state index contributed by atoms with van der Waals surface area (Å²) in [5.41, 5.74) is 0.340. The predicted molar refractivity (Wildman–Crippen MR) is 130 cm³/mol. The van der Waals surface area contributed by atoms with Gasteiger partial charge in [-0.3, -0.25) is 9.89 Å². The molecule has 1 aromatic heterocycles. The first kappa shape index (κ1) is 26.1. The van der Waals surface area contributed by atoms with Crippen molar-refractivity contribution in [1.82, 2.24) is 25.5 Å². The van der Waals surface area contributed by atoms with Crippen LogP contribution in [0.1, 0.15) is 24.1 Å². The molecule has 1 aliphatic rings. The van der Waals surface area contributed by atoms with Crippen LogP contribution in [-0.2, 0) is 12.7 Å². The summed E-state index contributed by atoms with van der Waals surface area (Å²) in [6.45, 7) is 3.59. The van der Waals surface area contributed by atoms with Crippen LogP contribution in [-0.4, -0.2) is 60.1 Å². The zero-order valence-corrected chi connectivity index (χ0v) is 20.2. The second-order valence-electron chi connectivity index (χ2n) is 7.32. The zero-order valence-electron chi connectivity index (χ0n) is 17.9. The van der Waals surface area contributed by atoms with Crippen molar-refractivity contribution < 1.29 is 13.2 Å². The first-order valence-electron chi connectivity index (χ1n) is 10.3. The van der Waals surface area contributed by atoms with Crippen LogP contribution in [0.15, 0.2) is 47.6 Å². The Morgan fingerprint density at radius 2 is 1.94 bits per heavy atom. The van der Waals surface area contributed by atoms with Gasteiger partial charge in [-0.05, 0) is 31.0 Å². The molecule has 1 saturated heterocycles. The number of nitrogens with one attached hydrogen (secondary N) is 3. The van der Waals surface area contributed by atoms with Gasteiger partial charge in [-0.2, -0.15) is 13.2 Å². The van der Waals surface area contributed by atoms with Crippen molar-refractivity contribution in [3.8, 4) is 0 Å². The predicted octanol–water partition coefficient (Wildman–Crippen LogP) is 3.35. The molecule has 0 radical (unpaired) electrons. The van der Waals surface area contributed by atoms with Crippen LogP contribution in [0.25, 0.3) is 0 Å². The summed E-state index contributed by atoms with van der Waals surface area (Å²) in [6.07, 6.45) is -1.09.